The van der Waals surface area contributed by atoms with Crippen molar-refractivity contribution in [3.63, 3.8) is 0 Å². The van der Waals surface area contributed by atoms with Gasteiger partial charge in [0.25, 0.3) is 5.91 Å². The molecule has 0 bridgehead atoms. The summed E-state index contributed by atoms with van der Waals surface area (Å²) < 4.78 is 43.3. The lowest BCUT2D eigenvalue weighted by atomic mass is 9.99. The molecule has 9 heteroatoms. The number of aryl methyl sites for hydroxylation is 2. The minimum Gasteiger partial charge on any atom is -0.319 e. The zero-order valence-corrected chi connectivity index (χ0v) is 18.3. The fourth-order valence-corrected chi connectivity index (χ4v) is 6.19. The van der Waals surface area contributed by atoms with Gasteiger partial charge < -0.3 is 4.57 Å². The third-order valence-electron chi connectivity index (χ3n) is 5.37. The van der Waals surface area contributed by atoms with Crippen molar-refractivity contribution in [2.24, 2.45) is 18.0 Å². The number of carbonyl (C=O) groups excluding carboxylic acids is 1. The van der Waals surface area contributed by atoms with E-state index in [9.17, 15) is 17.6 Å². The molecule has 0 N–H and O–H groups in total. The topological polar surface area (TPSA) is 71.7 Å². The molecule has 0 saturated carbocycles. The van der Waals surface area contributed by atoms with E-state index in [0.717, 1.165) is 11.1 Å². The first-order valence-electron chi connectivity index (χ1n) is 9.66. The zero-order valence-electron chi connectivity index (χ0n) is 16.7. The maximum absolute atomic E-state index is 13.5. The van der Waals surface area contributed by atoms with E-state index in [1.807, 2.05) is 6.92 Å². The van der Waals surface area contributed by atoms with E-state index in [4.69, 9.17) is 0 Å². The van der Waals surface area contributed by atoms with Crippen molar-refractivity contribution >= 4 is 37.5 Å². The molecular weight excluding hydrogens is 425 g/mol. The maximum atomic E-state index is 13.5. The van der Waals surface area contributed by atoms with Gasteiger partial charge in [0.05, 0.1) is 21.0 Å². The number of sulfonamides is 1. The lowest BCUT2D eigenvalue weighted by Crippen LogP contribution is -2.42. The van der Waals surface area contributed by atoms with Crippen LogP contribution in [0.2, 0.25) is 0 Å². The Morgan fingerprint density at radius 1 is 1.20 bits per heavy atom. The Morgan fingerprint density at radius 2 is 1.93 bits per heavy atom. The van der Waals surface area contributed by atoms with Gasteiger partial charge in [-0.2, -0.15) is 9.30 Å². The molecule has 2 aromatic carbocycles. The van der Waals surface area contributed by atoms with Crippen LogP contribution in [0.25, 0.3) is 10.2 Å². The molecule has 1 aliphatic heterocycles. The molecule has 0 aliphatic carbocycles. The minimum atomic E-state index is -3.66. The third-order valence-corrected chi connectivity index (χ3v) is 8.34. The summed E-state index contributed by atoms with van der Waals surface area (Å²) >= 11 is 1.24. The second kappa shape index (κ2) is 8.05. The highest BCUT2D eigenvalue weighted by atomic mass is 32.2. The normalized spacial score (nSPS) is 18.8. The summed E-state index contributed by atoms with van der Waals surface area (Å²) in [6.45, 7) is 2.40. The van der Waals surface area contributed by atoms with Gasteiger partial charge in [-0.3, -0.25) is 4.79 Å². The Balaban J connectivity index is 1.59. The first-order valence-corrected chi connectivity index (χ1v) is 11.9. The summed E-state index contributed by atoms with van der Waals surface area (Å²) in [5.41, 5.74) is 1.77. The van der Waals surface area contributed by atoms with Crippen molar-refractivity contribution < 1.29 is 17.6 Å². The van der Waals surface area contributed by atoms with Gasteiger partial charge in [-0.1, -0.05) is 29.0 Å². The lowest BCUT2D eigenvalue weighted by molar-refractivity contribution is -0.122. The molecule has 1 fully saturated rings. The monoisotopic (exact) mass is 447 g/mol. The summed E-state index contributed by atoms with van der Waals surface area (Å²) in [5.74, 6) is -1.19. The van der Waals surface area contributed by atoms with Gasteiger partial charge in [-0.15, -0.1) is 0 Å². The van der Waals surface area contributed by atoms with E-state index < -0.39 is 15.9 Å². The Bertz CT molecular complexity index is 1280. The van der Waals surface area contributed by atoms with Gasteiger partial charge in [0.1, 0.15) is 5.82 Å². The fourth-order valence-electron chi connectivity index (χ4n) is 3.62. The lowest BCUT2D eigenvalue weighted by Gasteiger charge is -2.30. The number of piperidine rings is 1. The molecule has 6 nitrogen and oxygen atoms in total. The largest absolute Gasteiger partial charge is 0.319 e. The minimum absolute atomic E-state index is 0.113. The first kappa shape index (κ1) is 20.9. The molecule has 158 valence electrons. The second-order valence-corrected chi connectivity index (χ2v) is 10.5. The van der Waals surface area contributed by atoms with Crippen molar-refractivity contribution in [2.75, 3.05) is 13.1 Å². The molecule has 1 amide bonds. The molecular formula is C21H22FN3O3S2. The molecule has 30 heavy (non-hydrogen) atoms. The molecule has 2 heterocycles. The Kier molecular flexibility index (Phi) is 5.61. The average Bonchev–Trinajstić information content (AvgIpc) is 3.03. The van der Waals surface area contributed by atoms with Crippen LogP contribution in [0.4, 0.5) is 4.39 Å². The Morgan fingerprint density at radius 3 is 2.67 bits per heavy atom. The van der Waals surface area contributed by atoms with E-state index in [1.165, 1.54) is 27.8 Å². The fraction of sp³-hybridized carbons (Fsp3) is 0.333. The van der Waals surface area contributed by atoms with Gasteiger partial charge in [-0.25, -0.2) is 12.8 Å². The number of benzene rings is 2. The van der Waals surface area contributed by atoms with Gasteiger partial charge >= 0.3 is 0 Å². The highest BCUT2D eigenvalue weighted by Crippen LogP contribution is 2.25. The van der Waals surface area contributed by atoms with Crippen LogP contribution >= 0.6 is 11.3 Å². The molecule has 1 aliphatic rings. The summed E-state index contributed by atoms with van der Waals surface area (Å²) in [7, 11) is -1.88. The molecule has 1 unspecified atom stereocenters. The number of hydrogen-bond donors (Lipinski definition) is 0. The van der Waals surface area contributed by atoms with Crippen LogP contribution in [0.1, 0.15) is 18.4 Å². The number of nitrogens with zero attached hydrogens (tertiary/aromatic N) is 3. The highest BCUT2D eigenvalue weighted by molar-refractivity contribution is 7.89. The van der Waals surface area contributed by atoms with E-state index in [-0.39, 0.29) is 23.2 Å². The summed E-state index contributed by atoms with van der Waals surface area (Å²) in [6, 6.07) is 11.2. The van der Waals surface area contributed by atoms with Crippen LogP contribution in [-0.2, 0) is 21.9 Å². The van der Waals surface area contributed by atoms with Crippen LogP contribution in [0.5, 0.6) is 0 Å². The van der Waals surface area contributed by atoms with Crippen molar-refractivity contribution in [1.29, 1.82) is 0 Å². The van der Waals surface area contributed by atoms with Gasteiger partial charge in [-0.05, 0) is 50.1 Å². The molecule has 3 aromatic rings. The predicted molar refractivity (Wildman–Crippen MR) is 114 cm³/mol. The van der Waals surface area contributed by atoms with Crippen LogP contribution in [-0.4, -0.2) is 36.3 Å². The first-order chi connectivity index (χ1) is 14.3. The molecule has 0 radical (unpaired) electrons. The van der Waals surface area contributed by atoms with Crippen LogP contribution in [0.15, 0.2) is 52.4 Å². The number of aromatic nitrogens is 1. The maximum Gasteiger partial charge on any atom is 0.252 e. The van der Waals surface area contributed by atoms with E-state index >= 15 is 0 Å². The number of hydrogen-bond acceptors (Lipinski definition) is 4. The van der Waals surface area contributed by atoms with Crippen molar-refractivity contribution in [1.82, 2.24) is 8.87 Å². The molecule has 1 saturated heterocycles. The van der Waals surface area contributed by atoms with Crippen LogP contribution in [0.3, 0.4) is 0 Å². The number of rotatable bonds is 3. The van der Waals surface area contributed by atoms with E-state index in [0.29, 0.717) is 28.9 Å². The zero-order chi connectivity index (χ0) is 21.5. The summed E-state index contributed by atoms with van der Waals surface area (Å²) in [4.78, 5) is 17.8. The standard InChI is InChI=1S/C21H22FN3O3S2/c1-14-5-8-17(9-6-14)30(27,28)25-11-3-4-15(13-25)20(26)23-21-24(2)18-10-7-16(22)12-19(18)29-21/h5-10,12,15H,3-4,11,13H2,1-2H3. The highest BCUT2D eigenvalue weighted by Gasteiger charge is 2.33. The Hall–Kier alpha value is -2.36. The van der Waals surface area contributed by atoms with Gasteiger partial charge in [0.15, 0.2) is 4.80 Å². The number of carbonyl (C=O) groups is 1. The van der Waals surface area contributed by atoms with Crippen molar-refractivity contribution in [2.45, 2.75) is 24.7 Å². The predicted octanol–water partition coefficient (Wildman–Crippen LogP) is 3.22. The smallest absolute Gasteiger partial charge is 0.252 e. The van der Waals surface area contributed by atoms with Crippen LogP contribution < -0.4 is 4.80 Å². The molecule has 4 rings (SSSR count). The SMILES string of the molecule is Cc1ccc(S(=O)(=O)N2CCCC(C(=O)N=c3sc4cc(F)ccc4n3C)C2)cc1. The number of thiazole rings is 1. The molecule has 0 spiro atoms. The van der Waals surface area contributed by atoms with E-state index in [2.05, 4.69) is 4.99 Å². The number of fused-ring (bicyclic) bond motifs is 1. The van der Waals surface area contributed by atoms with Crippen molar-refractivity contribution in [3.05, 3.63) is 58.6 Å². The Labute approximate surface area is 178 Å². The average molecular weight is 448 g/mol. The molecule has 1 aromatic heterocycles. The quantitative estimate of drug-likeness (QED) is 0.619. The summed E-state index contributed by atoms with van der Waals surface area (Å²) in [6.07, 6.45) is 1.19. The van der Waals surface area contributed by atoms with Gasteiger partial charge in [0.2, 0.25) is 10.0 Å². The number of halogens is 1. The van der Waals surface area contributed by atoms with Gasteiger partial charge in [0, 0.05) is 20.1 Å². The second-order valence-electron chi connectivity index (χ2n) is 7.52. The number of amides is 1. The molecule has 1 atom stereocenters. The summed E-state index contributed by atoms with van der Waals surface area (Å²) in [5, 5.41) is 0. The van der Waals surface area contributed by atoms with Crippen molar-refractivity contribution in [3.8, 4) is 0 Å². The van der Waals surface area contributed by atoms with Crippen LogP contribution in [0, 0.1) is 18.7 Å². The van der Waals surface area contributed by atoms with E-state index in [1.54, 1.807) is 41.9 Å². The third kappa shape index (κ3) is 3.97.